The number of carbonyl (C=O) groups is 1. The van der Waals surface area contributed by atoms with Crippen LogP contribution in [0, 0.1) is 11.3 Å². The summed E-state index contributed by atoms with van der Waals surface area (Å²) in [6.45, 7) is 8.98. The van der Waals surface area contributed by atoms with Crippen LogP contribution in [0.3, 0.4) is 0 Å². The Bertz CT molecular complexity index is 470. The highest BCUT2D eigenvalue weighted by atomic mass is 16.1. The van der Waals surface area contributed by atoms with Crippen LogP contribution in [0.4, 0.5) is 0 Å². The highest BCUT2D eigenvalue weighted by Crippen LogP contribution is 2.40. The zero-order valence-electron chi connectivity index (χ0n) is 13.4. The average Bonchev–Trinajstić information content (AvgIpc) is 2.37. The van der Waals surface area contributed by atoms with Gasteiger partial charge in [-0.25, -0.2) is 0 Å². The van der Waals surface area contributed by atoms with Gasteiger partial charge in [-0.3, -0.25) is 4.79 Å². The molecule has 1 aromatic carbocycles. The third-order valence-electron chi connectivity index (χ3n) is 4.92. The molecule has 1 aliphatic carbocycles. The second-order valence-corrected chi connectivity index (χ2v) is 7.30. The van der Waals surface area contributed by atoms with Crippen LogP contribution < -0.4 is 0 Å². The van der Waals surface area contributed by atoms with Crippen LogP contribution in [-0.4, -0.2) is 5.78 Å². The Hall–Kier alpha value is -1.11. The smallest absolute Gasteiger partial charge is 0.136 e. The van der Waals surface area contributed by atoms with E-state index in [1.165, 1.54) is 17.5 Å². The van der Waals surface area contributed by atoms with Gasteiger partial charge >= 0.3 is 0 Å². The third-order valence-corrected chi connectivity index (χ3v) is 4.92. The monoisotopic (exact) mass is 272 g/mol. The summed E-state index contributed by atoms with van der Waals surface area (Å²) in [6.07, 6.45) is 5.09. The van der Waals surface area contributed by atoms with Crippen molar-refractivity contribution >= 4 is 5.78 Å². The molecule has 0 aliphatic heterocycles. The van der Waals surface area contributed by atoms with Crippen molar-refractivity contribution in [3.05, 3.63) is 35.4 Å². The first-order valence-corrected chi connectivity index (χ1v) is 8.02. The van der Waals surface area contributed by atoms with Crippen molar-refractivity contribution < 1.29 is 4.79 Å². The van der Waals surface area contributed by atoms with Crippen molar-refractivity contribution in [3.63, 3.8) is 0 Å². The molecule has 110 valence electrons. The zero-order chi connectivity index (χ0) is 14.8. The topological polar surface area (TPSA) is 17.1 Å². The van der Waals surface area contributed by atoms with Crippen LogP contribution >= 0.6 is 0 Å². The van der Waals surface area contributed by atoms with E-state index >= 15 is 0 Å². The normalized spacial score (nSPS) is 22.2. The molecular weight excluding hydrogens is 244 g/mol. The molecule has 1 nitrogen and oxygen atoms in total. The maximum absolute atomic E-state index is 12.2. The van der Waals surface area contributed by atoms with Gasteiger partial charge in [-0.15, -0.1) is 0 Å². The molecule has 1 atom stereocenters. The summed E-state index contributed by atoms with van der Waals surface area (Å²) in [5.41, 5.74) is 2.97. The van der Waals surface area contributed by atoms with Gasteiger partial charge in [0, 0.05) is 12.3 Å². The van der Waals surface area contributed by atoms with E-state index in [1.807, 2.05) is 0 Å². The van der Waals surface area contributed by atoms with Crippen molar-refractivity contribution in [1.82, 2.24) is 0 Å². The molecule has 2 rings (SSSR count). The number of aryl methyl sites for hydroxylation is 1. The molecule has 0 amide bonds. The van der Waals surface area contributed by atoms with Gasteiger partial charge in [0.1, 0.15) is 5.78 Å². The van der Waals surface area contributed by atoms with E-state index in [1.54, 1.807) is 0 Å². The summed E-state index contributed by atoms with van der Waals surface area (Å²) in [6, 6.07) is 8.86. The molecule has 0 radical (unpaired) electrons. The number of benzene rings is 1. The SMILES string of the molecule is CC(C)c1cccc(CCC2C(=O)CCCC2(C)C)c1. The van der Waals surface area contributed by atoms with E-state index < -0.39 is 0 Å². The minimum absolute atomic E-state index is 0.186. The van der Waals surface area contributed by atoms with E-state index in [2.05, 4.69) is 52.0 Å². The fraction of sp³-hybridized carbons (Fsp3) is 0.632. The molecule has 0 spiro atoms. The van der Waals surface area contributed by atoms with E-state index in [9.17, 15) is 4.79 Å². The third kappa shape index (κ3) is 3.50. The molecular formula is C19H28O. The summed E-state index contributed by atoms with van der Waals surface area (Å²) in [5, 5.41) is 0. The number of Topliss-reactive ketones (excluding diaryl/α,β-unsaturated/α-hetero) is 1. The molecule has 1 aromatic rings. The lowest BCUT2D eigenvalue weighted by atomic mass is 9.66. The Balaban J connectivity index is 2.04. The van der Waals surface area contributed by atoms with Gasteiger partial charge in [-0.1, -0.05) is 52.0 Å². The Morgan fingerprint density at radius 2 is 2.05 bits per heavy atom. The van der Waals surface area contributed by atoms with E-state index in [4.69, 9.17) is 0 Å². The molecule has 1 fully saturated rings. The number of hydrogen-bond acceptors (Lipinski definition) is 1. The highest BCUT2D eigenvalue weighted by molar-refractivity contribution is 5.82. The van der Waals surface area contributed by atoms with Crippen LogP contribution in [0.15, 0.2) is 24.3 Å². The Morgan fingerprint density at radius 1 is 1.30 bits per heavy atom. The Kier molecular flexibility index (Phi) is 4.67. The van der Waals surface area contributed by atoms with Gasteiger partial charge in [0.15, 0.2) is 0 Å². The van der Waals surface area contributed by atoms with Crippen molar-refractivity contribution in [1.29, 1.82) is 0 Å². The molecule has 1 saturated carbocycles. The lowest BCUT2D eigenvalue weighted by Crippen LogP contribution is -2.35. The molecule has 0 saturated heterocycles. The Morgan fingerprint density at radius 3 is 2.70 bits per heavy atom. The molecule has 1 aliphatic rings. The summed E-state index contributed by atoms with van der Waals surface area (Å²) in [4.78, 5) is 12.2. The maximum Gasteiger partial charge on any atom is 0.136 e. The van der Waals surface area contributed by atoms with Gasteiger partial charge in [0.2, 0.25) is 0 Å². The fourth-order valence-electron chi connectivity index (χ4n) is 3.47. The predicted octanol–water partition coefficient (Wildman–Crippen LogP) is 5.14. The van der Waals surface area contributed by atoms with E-state index in [0.717, 1.165) is 25.7 Å². The van der Waals surface area contributed by atoms with Crippen LogP contribution in [0.25, 0.3) is 0 Å². The first kappa shape index (κ1) is 15.3. The zero-order valence-corrected chi connectivity index (χ0v) is 13.4. The highest BCUT2D eigenvalue weighted by Gasteiger charge is 2.37. The van der Waals surface area contributed by atoms with Crippen molar-refractivity contribution in [2.24, 2.45) is 11.3 Å². The second kappa shape index (κ2) is 6.11. The van der Waals surface area contributed by atoms with Gasteiger partial charge < -0.3 is 0 Å². The molecule has 0 bridgehead atoms. The first-order chi connectivity index (χ1) is 9.40. The fourth-order valence-corrected chi connectivity index (χ4v) is 3.47. The summed E-state index contributed by atoms with van der Waals surface area (Å²) < 4.78 is 0. The van der Waals surface area contributed by atoms with Crippen LogP contribution in [-0.2, 0) is 11.2 Å². The summed E-state index contributed by atoms with van der Waals surface area (Å²) in [5.74, 6) is 1.31. The quantitative estimate of drug-likeness (QED) is 0.742. The standard InChI is InChI=1S/C19H28O/c1-14(2)16-8-5-7-15(13-16)10-11-17-18(20)9-6-12-19(17,3)4/h5,7-8,13-14,17H,6,9-12H2,1-4H3. The van der Waals surface area contributed by atoms with Gasteiger partial charge in [0.05, 0.1) is 0 Å². The molecule has 1 heteroatoms. The molecule has 20 heavy (non-hydrogen) atoms. The van der Waals surface area contributed by atoms with Gasteiger partial charge in [0.25, 0.3) is 0 Å². The van der Waals surface area contributed by atoms with Gasteiger partial charge in [-0.2, -0.15) is 0 Å². The first-order valence-electron chi connectivity index (χ1n) is 8.02. The minimum atomic E-state index is 0.186. The van der Waals surface area contributed by atoms with Crippen molar-refractivity contribution in [3.8, 4) is 0 Å². The largest absolute Gasteiger partial charge is 0.299 e. The summed E-state index contributed by atoms with van der Waals surface area (Å²) in [7, 11) is 0. The lowest BCUT2D eigenvalue weighted by molar-refractivity contribution is -0.129. The maximum atomic E-state index is 12.2. The molecule has 1 unspecified atom stereocenters. The number of hydrogen-bond donors (Lipinski definition) is 0. The Labute approximate surface area is 123 Å². The number of ketones is 1. The van der Waals surface area contributed by atoms with E-state index in [0.29, 0.717) is 11.7 Å². The van der Waals surface area contributed by atoms with Gasteiger partial charge in [-0.05, 0) is 48.1 Å². The molecule has 0 aromatic heterocycles. The summed E-state index contributed by atoms with van der Waals surface area (Å²) >= 11 is 0. The van der Waals surface area contributed by atoms with Crippen molar-refractivity contribution in [2.45, 2.75) is 65.7 Å². The average molecular weight is 272 g/mol. The van der Waals surface area contributed by atoms with Crippen LogP contribution in [0.2, 0.25) is 0 Å². The van der Waals surface area contributed by atoms with Crippen LogP contribution in [0.5, 0.6) is 0 Å². The predicted molar refractivity (Wildman–Crippen MR) is 85.0 cm³/mol. The molecule has 0 heterocycles. The second-order valence-electron chi connectivity index (χ2n) is 7.30. The van der Waals surface area contributed by atoms with Crippen LogP contribution in [0.1, 0.15) is 70.4 Å². The van der Waals surface area contributed by atoms with E-state index in [-0.39, 0.29) is 11.3 Å². The lowest BCUT2D eigenvalue weighted by Gasteiger charge is -2.37. The number of rotatable bonds is 4. The van der Waals surface area contributed by atoms with Crippen molar-refractivity contribution in [2.75, 3.05) is 0 Å². The molecule has 0 N–H and O–H groups in total. The number of carbonyl (C=O) groups excluding carboxylic acids is 1. The minimum Gasteiger partial charge on any atom is -0.299 e.